The van der Waals surface area contributed by atoms with Gasteiger partial charge in [-0.05, 0) is 36.6 Å². The van der Waals surface area contributed by atoms with E-state index in [9.17, 15) is 0 Å². The van der Waals surface area contributed by atoms with E-state index in [-0.39, 0.29) is 5.41 Å². The van der Waals surface area contributed by atoms with Crippen LogP contribution in [0.2, 0.25) is 0 Å². The second-order valence-electron chi connectivity index (χ2n) is 5.60. The molecule has 0 amide bonds. The van der Waals surface area contributed by atoms with E-state index in [1.807, 2.05) is 12.1 Å². The molecule has 0 atom stereocenters. The minimum Gasteiger partial charge on any atom is -0.371 e. The van der Waals surface area contributed by atoms with Crippen LogP contribution in [0.3, 0.4) is 0 Å². The van der Waals surface area contributed by atoms with Crippen LogP contribution in [0.1, 0.15) is 32.8 Å². The molecule has 0 aliphatic rings. The van der Waals surface area contributed by atoms with Gasteiger partial charge in [0.25, 0.3) is 0 Å². The summed E-state index contributed by atoms with van der Waals surface area (Å²) in [6, 6.07) is 8.03. The van der Waals surface area contributed by atoms with Crippen molar-refractivity contribution in [3.05, 3.63) is 28.2 Å². The first kappa shape index (κ1) is 16.0. The first-order valence-corrected chi connectivity index (χ1v) is 7.37. The summed E-state index contributed by atoms with van der Waals surface area (Å²) in [6.45, 7) is 8.99. The Kier molecular flexibility index (Phi) is 5.84. The summed E-state index contributed by atoms with van der Waals surface area (Å²) >= 11 is 3.47. The van der Waals surface area contributed by atoms with Gasteiger partial charge in [0.1, 0.15) is 0 Å². The fraction of sp³-hybridized carbons (Fsp3) is 0.533. The van der Waals surface area contributed by atoms with Crippen molar-refractivity contribution in [1.29, 1.82) is 5.26 Å². The molecule has 0 bridgehead atoms. The third-order valence-corrected chi connectivity index (χ3v) is 3.50. The van der Waals surface area contributed by atoms with Crippen LogP contribution in [0.25, 0.3) is 0 Å². The third-order valence-electron chi connectivity index (χ3n) is 3.04. The summed E-state index contributed by atoms with van der Waals surface area (Å²) < 4.78 is 0.938. The van der Waals surface area contributed by atoms with Crippen LogP contribution in [-0.4, -0.2) is 19.6 Å². The van der Waals surface area contributed by atoms with E-state index in [0.29, 0.717) is 12.1 Å². The molecule has 0 aliphatic heterocycles. The van der Waals surface area contributed by atoms with Crippen molar-refractivity contribution in [2.24, 2.45) is 11.1 Å². The highest BCUT2D eigenvalue weighted by Crippen LogP contribution is 2.26. The number of hydrogen-bond acceptors (Lipinski definition) is 3. The van der Waals surface area contributed by atoms with E-state index in [0.717, 1.165) is 29.7 Å². The summed E-state index contributed by atoms with van der Waals surface area (Å²) in [6.07, 6.45) is 1.06. The average Bonchev–Trinajstić information content (AvgIpc) is 2.37. The minimum atomic E-state index is 0.0598. The predicted octanol–water partition coefficient (Wildman–Crippen LogP) is 3.52. The number of nitriles is 1. The SMILES string of the molecule is CCCN(CC(C)(C)CN)c1cc(Br)cc(C#N)c1. The second-order valence-corrected chi connectivity index (χ2v) is 6.52. The van der Waals surface area contributed by atoms with Crippen LogP contribution in [-0.2, 0) is 0 Å². The number of halogens is 1. The molecule has 1 rings (SSSR count). The Morgan fingerprint density at radius 1 is 1.37 bits per heavy atom. The van der Waals surface area contributed by atoms with Crippen LogP contribution in [0.15, 0.2) is 22.7 Å². The zero-order valence-corrected chi connectivity index (χ0v) is 13.5. The molecule has 1 aromatic rings. The zero-order chi connectivity index (χ0) is 14.5. The van der Waals surface area contributed by atoms with Gasteiger partial charge < -0.3 is 10.6 Å². The Hall–Kier alpha value is -1.05. The zero-order valence-electron chi connectivity index (χ0n) is 11.9. The lowest BCUT2D eigenvalue weighted by Gasteiger charge is -2.33. The van der Waals surface area contributed by atoms with Crippen LogP contribution in [0.4, 0.5) is 5.69 Å². The summed E-state index contributed by atoms with van der Waals surface area (Å²) in [5.74, 6) is 0. The maximum atomic E-state index is 9.07. The van der Waals surface area contributed by atoms with Crippen molar-refractivity contribution in [1.82, 2.24) is 0 Å². The Morgan fingerprint density at radius 2 is 2.05 bits per heavy atom. The van der Waals surface area contributed by atoms with Gasteiger partial charge in [-0.25, -0.2) is 0 Å². The standard InChI is InChI=1S/C15H22BrN3/c1-4-5-19(11-15(2,3)10-18)14-7-12(9-17)6-13(16)8-14/h6-8H,4-5,10-11,18H2,1-3H3. The van der Waals surface area contributed by atoms with Crippen molar-refractivity contribution < 1.29 is 0 Å². The van der Waals surface area contributed by atoms with Gasteiger partial charge in [0.05, 0.1) is 11.6 Å². The van der Waals surface area contributed by atoms with Crippen molar-refractivity contribution in [3.8, 4) is 6.07 Å². The topological polar surface area (TPSA) is 53.0 Å². The molecule has 0 radical (unpaired) electrons. The molecule has 19 heavy (non-hydrogen) atoms. The molecular formula is C15H22BrN3. The molecule has 0 aromatic heterocycles. The lowest BCUT2D eigenvalue weighted by atomic mass is 9.92. The molecule has 3 nitrogen and oxygen atoms in total. The molecular weight excluding hydrogens is 302 g/mol. The molecule has 1 aromatic carbocycles. The van der Waals surface area contributed by atoms with E-state index in [4.69, 9.17) is 11.0 Å². The summed E-state index contributed by atoms with van der Waals surface area (Å²) in [5, 5.41) is 9.07. The number of benzene rings is 1. The Bertz CT molecular complexity index is 463. The van der Waals surface area contributed by atoms with Crippen molar-refractivity contribution in [2.45, 2.75) is 27.2 Å². The number of nitrogens with zero attached hydrogens (tertiary/aromatic N) is 2. The van der Waals surface area contributed by atoms with E-state index >= 15 is 0 Å². The minimum absolute atomic E-state index is 0.0598. The Morgan fingerprint density at radius 3 is 2.58 bits per heavy atom. The molecule has 2 N–H and O–H groups in total. The summed E-state index contributed by atoms with van der Waals surface area (Å²) in [7, 11) is 0. The molecule has 104 valence electrons. The van der Waals surface area contributed by atoms with Crippen molar-refractivity contribution in [2.75, 3.05) is 24.5 Å². The second kappa shape index (κ2) is 6.93. The number of nitrogens with two attached hydrogens (primary N) is 1. The molecule has 0 saturated carbocycles. The molecule has 0 unspecified atom stereocenters. The summed E-state index contributed by atoms with van der Waals surface area (Å²) in [4.78, 5) is 2.30. The number of hydrogen-bond donors (Lipinski definition) is 1. The van der Waals surface area contributed by atoms with Gasteiger partial charge in [0.2, 0.25) is 0 Å². The third kappa shape index (κ3) is 4.85. The van der Waals surface area contributed by atoms with Gasteiger partial charge in [0, 0.05) is 23.2 Å². The van der Waals surface area contributed by atoms with E-state index in [2.05, 4.69) is 53.7 Å². The largest absolute Gasteiger partial charge is 0.371 e. The average molecular weight is 324 g/mol. The molecule has 4 heteroatoms. The smallest absolute Gasteiger partial charge is 0.0992 e. The van der Waals surface area contributed by atoms with Gasteiger partial charge in [-0.3, -0.25) is 0 Å². The molecule has 0 heterocycles. The number of rotatable bonds is 6. The van der Waals surface area contributed by atoms with Crippen molar-refractivity contribution >= 4 is 21.6 Å². The maximum Gasteiger partial charge on any atom is 0.0992 e. The highest BCUT2D eigenvalue weighted by atomic mass is 79.9. The van der Waals surface area contributed by atoms with Gasteiger partial charge >= 0.3 is 0 Å². The van der Waals surface area contributed by atoms with Gasteiger partial charge in [-0.1, -0.05) is 36.7 Å². The molecule has 0 spiro atoms. The van der Waals surface area contributed by atoms with E-state index in [1.54, 1.807) is 0 Å². The maximum absolute atomic E-state index is 9.07. The number of anilines is 1. The van der Waals surface area contributed by atoms with E-state index in [1.165, 1.54) is 0 Å². The van der Waals surface area contributed by atoms with Gasteiger partial charge in [0.15, 0.2) is 0 Å². The first-order chi connectivity index (χ1) is 8.91. The van der Waals surface area contributed by atoms with Crippen LogP contribution < -0.4 is 10.6 Å². The highest BCUT2D eigenvalue weighted by molar-refractivity contribution is 9.10. The molecule has 0 saturated heterocycles. The summed E-state index contributed by atoms with van der Waals surface area (Å²) in [5.41, 5.74) is 7.64. The fourth-order valence-electron chi connectivity index (χ4n) is 1.97. The Labute approximate surface area is 124 Å². The molecule has 0 aliphatic carbocycles. The van der Waals surface area contributed by atoms with Crippen molar-refractivity contribution in [3.63, 3.8) is 0 Å². The lowest BCUT2D eigenvalue weighted by molar-refractivity contribution is 0.377. The highest BCUT2D eigenvalue weighted by Gasteiger charge is 2.20. The quantitative estimate of drug-likeness (QED) is 0.871. The lowest BCUT2D eigenvalue weighted by Crippen LogP contribution is -2.39. The fourth-order valence-corrected chi connectivity index (χ4v) is 2.45. The van der Waals surface area contributed by atoms with Gasteiger partial charge in [-0.15, -0.1) is 0 Å². The monoisotopic (exact) mass is 323 g/mol. The van der Waals surface area contributed by atoms with Crippen LogP contribution in [0, 0.1) is 16.7 Å². The predicted molar refractivity (Wildman–Crippen MR) is 84.2 cm³/mol. The molecule has 0 fully saturated rings. The van der Waals surface area contributed by atoms with Crippen LogP contribution >= 0.6 is 15.9 Å². The van der Waals surface area contributed by atoms with Gasteiger partial charge in [-0.2, -0.15) is 5.26 Å². The first-order valence-electron chi connectivity index (χ1n) is 6.57. The normalized spacial score (nSPS) is 11.2. The van der Waals surface area contributed by atoms with Crippen LogP contribution in [0.5, 0.6) is 0 Å². The Balaban J connectivity index is 3.05. The van der Waals surface area contributed by atoms with E-state index < -0.39 is 0 Å².